The first-order valence-electron chi connectivity index (χ1n) is 8.10. The highest BCUT2D eigenvalue weighted by atomic mass is 32.2. The Morgan fingerprint density at radius 3 is 2.31 bits per heavy atom. The van der Waals surface area contributed by atoms with Crippen molar-refractivity contribution in [2.24, 2.45) is 5.73 Å². The van der Waals surface area contributed by atoms with E-state index >= 15 is 0 Å². The highest BCUT2D eigenvalue weighted by Gasteiger charge is 2.25. The molecule has 6 N–H and O–H groups in total. The molecule has 0 heterocycles. The quantitative estimate of drug-likeness (QED) is 0.385. The van der Waals surface area contributed by atoms with Crippen molar-refractivity contribution < 1.29 is 24.6 Å². The molecule has 1 aromatic carbocycles. The fraction of sp³-hybridized carbons (Fsp3) is 0.471. The molecule has 0 spiro atoms. The topological polar surface area (TPSA) is 142 Å². The summed E-state index contributed by atoms with van der Waals surface area (Å²) in [6.45, 7) is 1.47. The fourth-order valence-corrected chi connectivity index (χ4v) is 2.63. The number of aromatic hydroxyl groups is 1. The van der Waals surface area contributed by atoms with Crippen LogP contribution in [0.2, 0.25) is 0 Å². The van der Waals surface area contributed by atoms with Crippen molar-refractivity contribution in [1.29, 1.82) is 0 Å². The third-order valence-electron chi connectivity index (χ3n) is 3.71. The van der Waals surface area contributed by atoms with Gasteiger partial charge in [-0.25, -0.2) is 4.79 Å². The van der Waals surface area contributed by atoms with Gasteiger partial charge in [0.2, 0.25) is 11.8 Å². The van der Waals surface area contributed by atoms with E-state index in [1.807, 2.05) is 6.26 Å². The van der Waals surface area contributed by atoms with Crippen LogP contribution in [0.25, 0.3) is 0 Å². The van der Waals surface area contributed by atoms with E-state index in [0.717, 1.165) is 5.56 Å². The zero-order chi connectivity index (χ0) is 19.7. The molecule has 8 nitrogen and oxygen atoms in total. The third kappa shape index (κ3) is 7.32. The summed E-state index contributed by atoms with van der Waals surface area (Å²) in [6.07, 6.45) is 2.38. The molecule has 0 saturated carbocycles. The minimum absolute atomic E-state index is 0.117. The zero-order valence-electron chi connectivity index (χ0n) is 14.8. The van der Waals surface area contributed by atoms with E-state index in [0.29, 0.717) is 12.2 Å². The van der Waals surface area contributed by atoms with E-state index < -0.39 is 35.9 Å². The van der Waals surface area contributed by atoms with E-state index in [1.165, 1.54) is 30.8 Å². The second kappa shape index (κ2) is 10.7. The maximum atomic E-state index is 12.1. The predicted molar refractivity (Wildman–Crippen MR) is 100.0 cm³/mol. The van der Waals surface area contributed by atoms with Crippen LogP contribution in [0.4, 0.5) is 0 Å². The van der Waals surface area contributed by atoms with Crippen molar-refractivity contribution in [1.82, 2.24) is 10.6 Å². The van der Waals surface area contributed by atoms with Crippen LogP contribution in [0.1, 0.15) is 18.9 Å². The van der Waals surface area contributed by atoms with Gasteiger partial charge in [0.15, 0.2) is 0 Å². The van der Waals surface area contributed by atoms with Crippen molar-refractivity contribution in [3.8, 4) is 5.75 Å². The number of carboxylic acid groups (broad SMARTS) is 1. The van der Waals surface area contributed by atoms with Gasteiger partial charge in [-0.3, -0.25) is 9.59 Å². The average Bonchev–Trinajstić information content (AvgIpc) is 2.59. The monoisotopic (exact) mass is 383 g/mol. The zero-order valence-corrected chi connectivity index (χ0v) is 15.6. The van der Waals surface area contributed by atoms with Crippen LogP contribution in [0.15, 0.2) is 24.3 Å². The first-order chi connectivity index (χ1) is 12.2. The number of thioether (sulfide) groups is 1. The van der Waals surface area contributed by atoms with Gasteiger partial charge in [-0.1, -0.05) is 12.1 Å². The molecule has 26 heavy (non-hydrogen) atoms. The van der Waals surface area contributed by atoms with Gasteiger partial charge in [0.05, 0.1) is 6.04 Å². The van der Waals surface area contributed by atoms with Crippen molar-refractivity contribution in [3.63, 3.8) is 0 Å². The molecule has 0 bridgehead atoms. The summed E-state index contributed by atoms with van der Waals surface area (Å²) < 4.78 is 0. The number of phenolic OH excluding ortho intramolecular Hbond substituents is 1. The molecular weight excluding hydrogens is 358 g/mol. The Morgan fingerprint density at radius 2 is 1.77 bits per heavy atom. The standard InChI is InChI=1S/C17H25N3O5S/c1-10(15(22)20-14(17(24)25)7-8-26-2)19-16(23)13(18)9-11-3-5-12(21)6-4-11/h3-6,10,13-14,21H,7-9,18H2,1-2H3,(H,19,23)(H,20,22)(H,24,25). The summed E-state index contributed by atoms with van der Waals surface area (Å²) in [4.78, 5) is 35.4. The van der Waals surface area contributed by atoms with E-state index in [9.17, 15) is 19.5 Å². The van der Waals surface area contributed by atoms with Crippen LogP contribution in [0.5, 0.6) is 5.75 Å². The lowest BCUT2D eigenvalue weighted by Gasteiger charge is -2.20. The molecule has 0 fully saturated rings. The normalized spacial score (nSPS) is 14.1. The lowest BCUT2D eigenvalue weighted by molar-refractivity contribution is -0.142. The van der Waals surface area contributed by atoms with Crippen LogP contribution in [-0.4, -0.2) is 58.1 Å². The summed E-state index contributed by atoms with van der Waals surface area (Å²) >= 11 is 1.48. The molecule has 0 saturated heterocycles. The van der Waals surface area contributed by atoms with Gasteiger partial charge in [0.1, 0.15) is 17.8 Å². The number of amides is 2. The highest BCUT2D eigenvalue weighted by Crippen LogP contribution is 2.11. The Morgan fingerprint density at radius 1 is 1.15 bits per heavy atom. The van der Waals surface area contributed by atoms with Gasteiger partial charge in [-0.15, -0.1) is 0 Å². The Hall–Kier alpha value is -2.26. The fourth-order valence-electron chi connectivity index (χ4n) is 2.15. The summed E-state index contributed by atoms with van der Waals surface area (Å²) in [5.74, 6) is -1.50. The first kappa shape index (κ1) is 21.8. The summed E-state index contributed by atoms with van der Waals surface area (Å²) in [5, 5.41) is 23.3. The predicted octanol–water partition coefficient (Wildman–Crippen LogP) is 0.0892. The number of hydrogen-bond acceptors (Lipinski definition) is 6. The molecule has 0 aliphatic heterocycles. The van der Waals surface area contributed by atoms with Gasteiger partial charge in [0.25, 0.3) is 0 Å². The number of carboxylic acids is 1. The number of rotatable bonds is 10. The Balaban J connectivity index is 2.54. The number of nitrogens with two attached hydrogens (primary N) is 1. The number of carbonyl (C=O) groups is 3. The lowest BCUT2D eigenvalue weighted by atomic mass is 10.1. The summed E-state index contributed by atoms with van der Waals surface area (Å²) in [7, 11) is 0. The smallest absolute Gasteiger partial charge is 0.326 e. The molecule has 3 atom stereocenters. The van der Waals surface area contributed by atoms with E-state index in [2.05, 4.69) is 10.6 Å². The van der Waals surface area contributed by atoms with E-state index in [1.54, 1.807) is 12.1 Å². The molecule has 1 rings (SSSR count). The maximum Gasteiger partial charge on any atom is 0.326 e. The van der Waals surface area contributed by atoms with Gasteiger partial charge < -0.3 is 26.6 Å². The SMILES string of the molecule is CSCCC(NC(=O)C(C)NC(=O)C(N)Cc1ccc(O)cc1)C(=O)O. The molecule has 144 valence electrons. The Kier molecular flexibility index (Phi) is 8.94. The van der Waals surface area contributed by atoms with Crippen LogP contribution < -0.4 is 16.4 Å². The average molecular weight is 383 g/mol. The van der Waals surface area contributed by atoms with Crippen LogP contribution in [0.3, 0.4) is 0 Å². The van der Waals surface area contributed by atoms with Gasteiger partial charge in [-0.2, -0.15) is 11.8 Å². The van der Waals surface area contributed by atoms with E-state index in [-0.39, 0.29) is 12.2 Å². The summed E-state index contributed by atoms with van der Waals surface area (Å²) in [6, 6.07) is 3.52. The molecule has 0 aliphatic rings. The first-order valence-corrected chi connectivity index (χ1v) is 9.50. The lowest BCUT2D eigenvalue weighted by Crippen LogP contribution is -2.53. The molecule has 2 amide bonds. The molecular formula is C17H25N3O5S. The number of benzene rings is 1. The van der Waals surface area contributed by atoms with E-state index in [4.69, 9.17) is 10.8 Å². The van der Waals surface area contributed by atoms with Crippen LogP contribution in [0, 0.1) is 0 Å². The molecule has 0 radical (unpaired) electrons. The number of aliphatic carboxylic acids is 1. The van der Waals surface area contributed by atoms with Gasteiger partial charge in [-0.05, 0) is 49.5 Å². The molecule has 0 aromatic heterocycles. The Labute approximate surface area is 156 Å². The molecule has 9 heteroatoms. The second-order valence-electron chi connectivity index (χ2n) is 5.89. The van der Waals surface area contributed by atoms with Crippen LogP contribution >= 0.6 is 11.8 Å². The van der Waals surface area contributed by atoms with Crippen molar-refractivity contribution in [2.75, 3.05) is 12.0 Å². The molecule has 3 unspecified atom stereocenters. The van der Waals surface area contributed by atoms with Gasteiger partial charge >= 0.3 is 5.97 Å². The number of nitrogens with one attached hydrogen (secondary N) is 2. The van der Waals surface area contributed by atoms with Crippen molar-refractivity contribution in [3.05, 3.63) is 29.8 Å². The minimum Gasteiger partial charge on any atom is -0.508 e. The minimum atomic E-state index is -1.12. The van der Waals surface area contributed by atoms with Crippen molar-refractivity contribution in [2.45, 2.75) is 37.9 Å². The second-order valence-corrected chi connectivity index (χ2v) is 6.87. The van der Waals surface area contributed by atoms with Crippen LogP contribution in [-0.2, 0) is 20.8 Å². The number of carbonyl (C=O) groups excluding carboxylic acids is 2. The number of phenols is 1. The largest absolute Gasteiger partial charge is 0.508 e. The number of hydrogen-bond donors (Lipinski definition) is 5. The molecule has 0 aliphatic carbocycles. The molecule has 1 aromatic rings. The Bertz CT molecular complexity index is 623. The van der Waals surface area contributed by atoms with Gasteiger partial charge in [0, 0.05) is 0 Å². The maximum absolute atomic E-state index is 12.1. The highest BCUT2D eigenvalue weighted by molar-refractivity contribution is 7.98. The van der Waals surface area contributed by atoms with Crippen molar-refractivity contribution >= 4 is 29.5 Å². The third-order valence-corrected chi connectivity index (χ3v) is 4.35. The summed E-state index contributed by atoms with van der Waals surface area (Å²) in [5.41, 5.74) is 6.62.